The Kier molecular flexibility index (Phi) is 2.03. The lowest BCUT2D eigenvalue weighted by molar-refractivity contribution is 0.701. The van der Waals surface area contributed by atoms with Crippen molar-refractivity contribution in [1.29, 1.82) is 0 Å². The van der Waals surface area contributed by atoms with Crippen LogP contribution in [0.3, 0.4) is 0 Å². The highest BCUT2D eigenvalue weighted by atomic mass is 16.2. The number of hydrogen-bond acceptors (Lipinski definition) is 3. The third-order valence-electron chi connectivity index (χ3n) is 2.00. The predicted molar refractivity (Wildman–Crippen MR) is 55.8 cm³/mol. The first-order valence-electron chi connectivity index (χ1n) is 4.40. The second kappa shape index (κ2) is 3.23. The fourth-order valence-electron chi connectivity index (χ4n) is 1.36. The second-order valence-electron chi connectivity index (χ2n) is 3.40. The van der Waals surface area contributed by atoms with Crippen molar-refractivity contribution in [1.82, 2.24) is 19.5 Å². The first kappa shape index (κ1) is 9.45. The zero-order valence-corrected chi connectivity index (χ0v) is 8.20. The minimum atomic E-state index is -0.470. The number of nitrogens with zero attached hydrogens (tertiary/aromatic N) is 2. The van der Waals surface area contributed by atoms with Crippen LogP contribution >= 0.6 is 0 Å². The zero-order chi connectivity index (χ0) is 11.0. The van der Waals surface area contributed by atoms with Gasteiger partial charge in [-0.15, -0.1) is 0 Å². The molecule has 2 aromatic heterocycles. The Bertz CT molecular complexity index is 631. The van der Waals surface area contributed by atoms with E-state index in [4.69, 9.17) is 0 Å². The van der Waals surface area contributed by atoms with Crippen LogP contribution in [0.1, 0.15) is 6.92 Å². The van der Waals surface area contributed by atoms with E-state index in [0.717, 1.165) is 10.1 Å². The van der Waals surface area contributed by atoms with Gasteiger partial charge in [-0.2, -0.15) is 0 Å². The van der Waals surface area contributed by atoms with E-state index in [-0.39, 0.29) is 17.8 Å². The summed E-state index contributed by atoms with van der Waals surface area (Å²) in [5.74, 6) is 0. The lowest BCUT2D eigenvalue weighted by Gasteiger charge is -2.02. The maximum Gasteiger partial charge on any atom is 0.330 e. The molecular formula is C9H10N4O2. The van der Waals surface area contributed by atoms with Crippen LogP contribution in [-0.4, -0.2) is 19.5 Å². The van der Waals surface area contributed by atoms with E-state index in [0.29, 0.717) is 5.52 Å². The number of H-pyrrole nitrogens is 2. The molecule has 0 aliphatic carbocycles. The van der Waals surface area contributed by atoms with Gasteiger partial charge in [-0.1, -0.05) is 12.2 Å². The molecule has 0 saturated carbocycles. The minimum absolute atomic E-state index is 0.211. The van der Waals surface area contributed by atoms with Crippen LogP contribution in [0.15, 0.2) is 28.1 Å². The summed E-state index contributed by atoms with van der Waals surface area (Å²) in [6.07, 6.45) is 1.37. The SMILES string of the molecule is C=C(C)Cn1c(=O)[nH]c2nc[nH]c2c1=O. The summed E-state index contributed by atoms with van der Waals surface area (Å²) in [6, 6.07) is 0. The summed E-state index contributed by atoms with van der Waals surface area (Å²) < 4.78 is 1.09. The van der Waals surface area contributed by atoms with Gasteiger partial charge in [0.1, 0.15) is 5.52 Å². The van der Waals surface area contributed by atoms with Gasteiger partial charge in [0.25, 0.3) is 5.56 Å². The molecule has 2 rings (SSSR count). The molecule has 6 nitrogen and oxygen atoms in total. The van der Waals surface area contributed by atoms with Crippen LogP contribution in [-0.2, 0) is 6.54 Å². The number of allylic oxidation sites excluding steroid dienone is 1. The van der Waals surface area contributed by atoms with Gasteiger partial charge in [-0.25, -0.2) is 9.78 Å². The molecule has 2 aromatic rings. The Morgan fingerprint density at radius 3 is 3.00 bits per heavy atom. The van der Waals surface area contributed by atoms with Gasteiger partial charge in [0.2, 0.25) is 0 Å². The summed E-state index contributed by atoms with van der Waals surface area (Å²) in [5, 5.41) is 0. The van der Waals surface area contributed by atoms with Crippen molar-refractivity contribution < 1.29 is 0 Å². The molecule has 0 fully saturated rings. The Morgan fingerprint density at radius 2 is 2.33 bits per heavy atom. The van der Waals surface area contributed by atoms with Gasteiger partial charge >= 0.3 is 5.69 Å². The highest BCUT2D eigenvalue weighted by molar-refractivity contribution is 5.67. The van der Waals surface area contributed by atoms with E-state index in [1.165, 1.54) is 6.33 Å². The lowest BCUT2D eigenvalue weighted by atomic mass is 10.3. The standard InChI is InChI=1S/C9H10N4O2/c1-5(2)3-13-8(14)6-7(11-4-10-6)12-9(13)15/h4H,1,3H2,2H3,(H,10,11)(H,12,15). The van der Waals surface area contributed by atoms with Gasteiger partial charge in [0.05, 0.1) is 12.9 Å². The summed E-state index contributed by atoms with van der Waals surface area (Å²) in [4.78, 5) is 32.3. The number of rotatable bonds is 2. The van der Waals surface area contributed by atoms with Crippen molar-refractivity contribution in [3.63, 3.8) is 0 Å². The van der Waals surface area contributed by atoms with E-state index in [2.05, 4.69) is 21.5 Å². The van der Waals surface area contributed by atoms with Crippen molar-refractivity contribution >= 4 is 11.2 Å². The predicted octanol–water partition coefficient (Wildman–Crippen LogP) is -0.0110. The van der Waals surface area contributed by atoms with Crippen LogP contribution in [0.2, 0.25) is 0 Å². The topological polar surface area (TPSA) is 83.5 Å². The molecule has 0 amide bonds. The van der Waals surface area contributed by atoms with Gasteiger partial charge in [0.15, 0.2) is 5.65 Å². The highest BCUT2D eigenvalue weighted by Gasteiger charge is 2.08. The molecule has 6 heteroatoms. The van der Waals surface area contributed by atoms with E-state index in [1.54, 1.807) is 6.92 Å². The molecule has 0 saturated heterocycles. The van der Waals surface area contributed by atoms with Crippen molar-refractivity contribution in [2.24, 2.45) is 0 Å². The normalized spacial score (nSPS) is 10.7. The lowest BCUT2D eigenvalue weighted by Crippen LogP contribution is -2.35. The van der Waals surface area contributed by atoms with Gasteiger partial charge in [0, 0.05) is 0 Å². The number of aromatic amines is 2. The first-order valence-corrected chi connectivity index (χ1v) is 4.40. The van der Waals surface area contributed by atoms with E-state index < -0.39 is 5.69 Å². The van der Waals surface area contributed by atoms with Crippen LogP contribution in [0.5, 0.6) is 0 Å². The van der Waals surface area contributed by atoms with Crippen molar-refractivity contribution in [3.8, 4) is 0 Å². The second-order valence-corrected chi connectivity index (χ2v) is 3.40. The molecule has 78 valence electrons. The molecule has 0 radical (unpaired) electrons. The summed E-state index contributed by atoms with van der Waals surface area (Å²) in [6.45, 7) is 5.63. The molecule has 0 aliphatic heterocycles. The molecule has 15 heavy (non-hydrogen) atoms. The minimum Gasteiger partial charge on any atom is -0.339 e. The number of imidazole rings is 1. The molecule has 2 N–H and O–H groups in total. The smallest absolute Gasteiger partial charge is 0.330 e. The average molecular weight is 206 g/mol. The monoisotopic (exact) mass is 206 g/mol. The van der Waals surface area contributed by atoms with Crippen LogP contribution in [0, 0.1) is 0 Å². The molecular weight excluding hydrogens is 196 g/mol. The Balaban J connectivity index is 2.78. The van der Waals surface area contributed by atoms with E-state index in [9.17, 15) is 9.59 Å². The molecule has 0 unspecified atom stereocenters. The highest BCUT2D eigenvalue weighted by Crippen LogP contribution is 1.96. The molecule has 0 spiro atoms. The molecule has 0 aromatic carbocycles. The molecule has 0 aliphatic rings. The third kappa shape index (κ3) is 1.50. The van der Waals surface area contributed by atoms with Crippen molar-refractivity contribution in [2.75, 3.05) is 0 Å². The van der Waals surface area contributed by atoms with Crippen LogP contribution in [0.25, 0.3) is 11.2 Å². The number of nitrogens with one attached hydrogen (secondary N) is 2. The van der Waals surface area contributed by atoms with E-state index >= 15 is 0 Å². The fraction of sp³-hybridized carbons (Fsp3) is 0.222. The maximum absolute atomic E-state index is 11.8. The van der Waals surface area contributed by atoms with Crippen molar-refractivity contribution in [2.45, 2.75) is 13.5 Å². The summed E-state index contributed by atoms with van der Waals surface area (Å²) >= 11 is 0. The Morgan fingerprint density at radius 1 is 1.60 bits per heavy atom. The fourth-order valence-corrected chi connectivity index (χ4v) is 1.36. The average Bonchev–Trinajstić information content (AvgIpc) is 2.59. The summed E-state index contributed by atoms with van der Waals surface area (Å²) in [7, 11) is 0. The Hall–Kier alpha value is -2.11. The van der Waals surface area contributed by atoms with E-state index in [1.807, 2.05) is 0 Å². The van der Waals surface area contributed by atoms with Crippen LogP contribution in [0.4, 0.5) is 0 Å². The molecule has 2 heterocycles. The van der Waals surface area contributed by atoms with Crippen molar-refractivity contribution in [3.05, 3.63) is 39.3 Å². The molecule has 0 atom stereocenters. The summed E-state index contributed by atoms with van der Waals surface area (Å²) in [5.41, 5.74) is 0.470. The number of aromatic nitrogens is 4. The Labute approximate surface area is 84.3 Å². The first-order chi connectivity index (χ1) is 7.09. The van der Waals surface area contributed by atoms with Gasteiger partial charge in [-0.3, -0.25) is 14.3 Å². The largest absolute Gasteiger partial charge is 0.339 e. The third-order valence-corrected chi connectivity index (χ3v) is 2.00. The van der Waals surface area contributed by atoms with Gasteiger partial charge in [-0.05, 0) is 6.92 Å². The zero-order valence-electron chi connectivity index (χ0n) is 8.20. The number of hydrogen-bond donors (Lipinski definition) is 2. The maximum atomic E-state index is 11.8. The van der Waals surface area contributed by atoms with Gasteiger partial charge < -0.3 is 4.98 Å². The quantitative estimate of drug-likeness (QED) is 0.678. The number of fused-ring (bicyclic) bond motifs is 1. The molecule has 0 bridgehead atoms. The van der Waals surface area contributed by atoms with Crippen LogP contribution < -0.4 is 11.2 Å².